The average molecular weight is 946 g/mol. The molecule has 1 saturated heterocycles. The van der Waals surface area contributed by atoms with Gasteiger partial charge in [0, 0.05) is 55.2 Å². The highest BCUT2D eigenvalue weighted by atomic mass is 32.2. The van der Waals surface area contributed by atoms with Crippen molar-refractivity contribution in [2.45, 2.75) is 28.8 Å². The van der Waals surface area contributed by atoms with Crippen molar-refractivity contribution in [2.75, 3.05) is 37.0 Å². The molecular formula is C51H43N7O8S2. The molecule has 3 aliphatic heterocycles. The van der Waals surface area contributed by atoms with Crippen molar-refractivity contribution in [3.63, 3.8) is 0 Å². The minimum Gasteiger partial charge on any atom is -0.507 e. The second-order valence-corrected chi connectivity index (χ2v) is 18.2. The van der Waals surface area contributed by atoms with E-state index in [4.69, 9.17) is 9.15 Å². The van der Waals surface area contributed by atoms with Crippen LogP contribution in [-0.2, 0) is 19.1 Å². The second kappa shape index (κ2) is 20.0. The smallest absolute Gasteiger partial charge is 0.356 e. The number of phenols is 1. The van der Waals surface area contributed by atoms with Crippen molar-refractivity contribution >= 4 is 75.4 Å². The van der Waals surface area contributed by atoms with E-state index in [0.29, 0.717) is 28.5 Å². The number of rotatable bonds is 15. The van der Waals surface area contributed by atoms with Gasteiger partial charge in [-0.2, -0.15) is 10.2 Å². The van der Waals surface area contributed by atoms with E-state index < -0.39 is 41.2 Å². The van der Waals surface area contributed by atoms with E-state index in [-0.39, 0.29) is 52.3 Å². The Morgan fingerprint density at radius 3 is 2.21 bits per heavy atom. The number of aromatic hydroxyl groups is 1. The minimum absolute atomic E-state index is 0.0303. The highest BCUT2D eigenvalue weighted by Gasteiger charge is 2.54. The molecule has 0 spiro atoms. The van der Waals surface area contributed by atoms with Crippen LogP contribution < -0.4 is 21.0 Å². The minimum atomic E-state index is -0.946. The Labute approximate surface area is 398 Å². The van der Waals surface area contributed by atoms with Crippen molar-refractivity contribution in [3.05, 3.63) is 178 Å². The van der Waals surface area contributed by atoms with Crippen molar-refractivity contribution in [1.29, 1.82) is 0 Å². The zero-order valence-electron chi connectivity index (χ0n) is 36.7. The number of fused-ring (bicyclic) bond motifs is 3. The number of hydrogen-bond donors (Lipinski definition) is 3. The summed E-state index contributed by atoms with van der Waals surface area (Å²) in [5.74, 6) is -1.87. The van der Waals surface area contributed by atoms with E-state index in [1.165, 1.54) is 58.8 Å². The molecule has 68 heavy (non-hydrogen) atoms. The number of phenolic OH excluding ortho intramolecular Hbond substituents is 1. The number of β-lactam (4-membered cyclic amide) rings is 1. The van der Waals surface area contributed by atoms with Gasteiger partial charge in [0.05, 0.1) is 11.4 Å². The summed E-state index contributed by atoms with van der Waals surface area (Å²) >= 11 is 2.93. The highest BCUT2D eigenvalue weighted by Crippen LogP contribution is 2.43. The summed E-state index contributed by atoms with van der Waals surface area (Å²) in [6, 6.07) is 40.0. The summed E-state index contributed by atoms with van der Waals surface area (Å²) in [6.07, 6.45) is -0.970. The molecular weight excluding hydrogens is 903 g/mol. The molecule has 0 saturated carbocycles. The van der Waals surface area contributed by atoms with Crippen LogP contribution in [0.5, 0.6) is 5.75 Å². The lowest BCUT2D eigenvalue weighted by molar-refractivity contribution is -0.154. The third-order valence-corrected chi connectivity index (χ3v) is 13.7. The number of amides is 3. The van der Waals surface area contributed by atoms with Crippen LogP contribution in [0.4, 0.5) is 17.1 Å². The molecule has 9 rings (SSSR count). The fourth-order valence-electron chi connectivity index (χ4n) is 7.75. The molecule has 342 valence electrons. The summed E-state index contributed by atoms with van der Waals surface area (Å²) in [6.45, 7) is -0.150. The van der Waals surface area contributed by atoms with E-state index in [9.17, 15) is 29.1 Å². The van der Waals surface area contributed by atoms with E-state index in [1.807, 2.05) is 128 Å². The molecule has 2 atom stereocenters. The van der Waals surface area contributed by atoms with Crippen LogP contribution >= 0.6 is 23.5 Å². The number of nitrogens with zero attached hydrogens (tertiary/aromatic N) is 5. The van der Waals surface area contributed by atoms with E-state index in [1.54, 1.807) is 0 Å². The molecule has 17 heteroatoms. The Kier molecular flexibility index (Phi) is 13.4. The lowest BCUT2D eigenvalue weighted by Crippen LogP contribution is -2.70. The number of carbonyl (C=O) groups excluding carboxylic acids is 4. The molecule has 0 aromatic heterocycles. The standard InChI is InChI=1S/C51H43N7O8S2/c1-57(2)35-17-13-33(14-18-35)55-56-34-15-20-37(21-16-34)67-28-32-29-68-50-44(49(63)58(50)45(32)51(64)66-46(30-9-5-3-6-10-30)31-11-7-4-8-12-31)54-42(61)25-26-52-48(62)43-40(60)24-23-39-47(43)65-41-27-36(59)19-22-38(41)53-39/h3-24,27,44,46,50,60H,25-26,28-29H2,1-2H3,(H,52,62)(H,54,61). The third kappa shape index (κ3) is 9.84. The van der Waals surface area contributed by atoms with E-state index in [2.05, 4.69) is 25.8 Å². The van der Waals surface area contributed by atoms with E-state index in [0.717, 1.165) is 27.4 Å². The van der Waals surface area contributed by atoms with Crippen LogP contribution in [0, 0.1) is 0 Å². The molecule has 2 unspecified atom stereocenters. The van der Waals surface area contributed by atoms with Gasteiger partial charge < -0.3 is 29.8 Å². The first kappa shape index (κ1) is 45.4. The van der Waals surface area contributed by atoms with Crippen molar-refractivity contribution in [3.8, 4) is 17.2 Å². The maximum atomic E-state index is 14.5. The Balaban J connectivity index is 0.891. The fourth-order valence-corrected chi connectivity index (χ4v) is 10.1. The van der Waals surface area contributed by atoms with Crippen molar-refractivity contribution in [2.24, 2.45) is 10.2 Å². The molecule has 5 aromatic carbocycles. The highest BCUT2D eigenvalue weighted by molar-refractivity contribution is 8.01. The summed E-state index contributed by atoms with van der Waals surface area (Å²) in [5, 5.41) is 24.2. The van der Waals surface area contributed by atoms with Crippen LogP contribution in [0.25, 0.3) is 22.6 Å². The first-order valence-corrected chi connectivity index (χ1v) is 23.6. The summed E-state index contributed by atoms with van der Waals surface area (Å²) in [7, 11) is 3.95. The van der Waals surface area contributed by atoms with Crippen LogP contribution in [0.2, 0.25) is 0 Å². The molecule has 3 heterocycles. The van der Waals surface area contributed by atoms with Gasteiger partial charge in [-0.15, -0.1) is 23.5 Å². The van der Waals surface area contributed by atoms with Crippen LogP contribution in [-0.4, -0.2) is 82.2 Å². The number of aromatic nitrogens is 1. The molecule has 1 fully saturated rings. The predicted molar refractivity (Wildman–Crippen MR) is 260 cm³/mol. The average Bonchev–Trinajstić information content (AvgIpc) is 3.35. The third-order valence-electron chi connectivity index (χ3n) is 11.2. The Morgan fingerprint density at radius 2 is 1.54 bits per heavy atom. The Morgan fingerprint density at radius 1 is 0.882 bits per heavy atom. The van der Waals surface area contributed by atoms with Gasteiger partial charge in [-0.05, 0) is 89.5 Å². The number of esters is 1. The Hall–Kier alpha value is -7.76. The number of thioether (sulfide) groups is 2. The van der Waals surface area contributed by atoms with E-state index >= 15 is 0 Å². The summed E-state index contributed by atoms with van der Waals surface area (Å²) in [5.41, 5.74) is 4.94. The van der Waals surface area contributed by atoms with Crippen LogP contribution in [0.15, 0.2) is 175 Å². The van der Waals surface area contributed by atoms with Gasteiger partial charge >= 0.3 is 5.97 Å². The molecule has 3 N–H and O–H groups in total. The quantitative estimate of drug-likeness (QED) is 0.0293. The number of anilines is 1. The molecule has 0 bridgehead atoms. The Bertz CT molecular complexity index is 3070. The van der Waals surface area contributed by atoms with Gasteiger partial charge in [0.25, 0.3) is 11.8 Å². The van der Waals surface area contributed by atoms with Crippen molar-refractivity contribution in [1.82, 2.24) is 20.5 Å². The maximum Gasteiger partial charge on any atom is 0.356 e. The van der Waals surface area contributed by atoms with Gasteiger partial charge in [-0.1, -0.05) is 60.7 Å². The maximum absolute atomic E-state index is 14.5. The number of carbonyl (C=O) groups is 4. The van der Waals surface area contributed by atoms with Gasteiger partial charge in [0.15, 0.2) is 22.9 Å². The predicted octanol–water partition coefficient (Wildman–Crippen LogP) is 8.38. The summed E-state index contributed by atoms with van der Waals surface area (Å²) in [4.78, 5) is 76.1. The first-order chi connectivity index (χ1) is 33.0. The topological polar surface area (TPSA) is 196 Å². The lowest BCUT2D eigenvalue weighted by atomic mass is 10.0. The number of hydrogen-bond acceptors (Lipinski definition) is 14. The van der Waals surface area contributed by atoms with Gasteiger partial charge in [0.2, 0.25) is 5.91 Å². The second-order valence-electron chi connectivity index (χ2n) is 16.1. The number of ether oxygens (including phenoxy) is 1. The number of azo groups is 1. The largest absolute Gasteiger partial charge is 0.507 e. The normalized spacial score (nSPS) is 15.6. The number of benzene rings is 6. The van der Waals surface area contributed by atoms with Gasteiger partial charge in [-0.25, -0.2) is 9.78 Å². The first-order valence-electron chi connectivity index (χ1n) is 21.5. The lowest BCUT2D eigenvalue weighted by Gasteiger charge is -2.50. The molecule has 4 aliphatic rings. The van der Waals surface area contributed by atoms with Gasteiger partial charge in [0.1, 0.15) is 39.6 Å². The zero-order chi connectivity index (χ0) is 47.3. The molecule has 5 aromatic rings. The zero-order valence-corrected chi connectivity index (χ0v) is 38.3. The van der Waals surface area contributed by atoms with Crippen LogP contribution in [0.3, 0.4) is 0 Å². The SMILES string of the molecule is CN(C)c1ccc(N=Nc2ccc(SCC3=C(C(=O)OC(c4ccccc4)c4ccccc4)N4C(=O)C(NC(=O)CCNC(=O)c5c(O)ccc6nc7ccc(=O)cc-7oc56)C4SC3)cc2)cc1. The molecule has 0 radical (unpaired) electrons. The monoisotopic (exact) mass is 945 g/mol. The fraction of sp³-hybridized carbons (Fsp3) is 0.176. The van der Waals surface area contributed by atoms with Crippen LogP contribution in [0.1, 0.15) is 34.0 Å². The molecule has 15 nitrogen and oxygen atoms in total. The van der Waals surface area contributed by atoms with Gasteiger partial charge in [-0.3, -0.25) is 24.1 Å². The summed E-state index contributed by atoms with van der Waals surface area (Å²) < 4.78 is 12.2. The molecule has 1 aliphatic carbocycles. The molecule has 3 amide bonds. The van der Waals surface area contributed by atoms with Crippen molar-refractivity contribution < 1.29 is 33.4 Å². The number of nitrogens with one attached hydrogen (secondary N) is 2.